The average molecular weight is 423 g/mol. The highest BCUT2D eigenvalue weighted by Gasteiger charge is 2.27. The molecule has 1 amide bonds. The van der Waals surface area contributed by atoms with Crippen molar-refractivity contribution in [1.29, 1.82) is 0 Å². The quantitative estimate of drug-likeness (QED) is 0.503. The maximum atomic E-state index is 13.1. The van der Waals surface area contributed by atoms with Gasteiger partial charge in [0, 0.05) is 38.6 Å². The van der Waals surface area contributed by atoms with E-state index in [1.165, 1.54) is 11.3 Å². The molecule has 4 aromatic heterocycles. The lowest BCUT2D eigenvalue weighted by atomic mass is 10.3. The van der Waals surface area contributed by atoms with Crippen LogP contribution >= 0.6 is 22.7 Å². The number of rotatable bonds is 3. The van der Waals surface area contributed by atoms with Gasteiger partial charge in [0.05, 0.1) is 11.4 Å². The third kappa shape index (κ3) is 3.47. The van der Waals surface area contributed by atoms with Crippen molar-refractivity contribution in [1.82, 2.24) is 24.8 Å². The summed E-state index contributed by atoms with van der Waals surface area (Å²) in [6, 6.07) is 9.60. The molecule has 0 aliphatic carbocycles. The average Bonchev–Trinajstić information content (AvgIpc) is 3.38. The number of carbonyl (C=O) groups is 1. The van der Waals surface area contributed by atoms with Crippen LogP contribution in [0.15, 0.2) is 42.7 Å². The number of anilines is 1. The second-order valence-electron chi connectivity index (χ2n) is 6.75. The van der Waals surface area contributed by atoms with Gasteiger partial charge in [-0.25, -0.2) is 15.0 Å². The van der Waals surface area contributed by atoms with E-state index in [0.29, 0.717) is 18.0 Å². The Balaban J connectivity index is 1.29. The van der Waals surface area contributed by atoms with Crippen LogP contribution in [0, 0.1) is 6.92 Å². The van der Waals surface area contributed by atoms with E-state index in [0.717, 1.165) is 45.0 Å². The minimum atomic E-state index is 0.0489. The molecule has 7 nitrogen and oxygen atoms in total. The summed E-state index contributed by atoms with van der Waals surface area (Å²) in [5.41, 5.74) is 2.49. The van der Waals surface area contributed by atoms with Gasteiger partial charge >= 0.3 is 0 Å². The van der Waals surface area contributed by atoms with Crippen molar-refractivity contribution < 1.29 is 4.79 Å². The molecule has 4 aromatic rings. The van der Waals surface area contributed by atoms with Crippen molar-refractivity contribution in [3.05, 3.63) is 53.3 Å². The van der Waals surface area contributed by atoms with Crippen LogP contribution in [0.4, 0.5) is 5.13 Å². The highest BCUT2D eigenvalue weighted by atomic mass is 32.1. The number of hydrogen-bond donors (Lipinski definition) is 0. The Labute approximate surface area is 175 Å². The Hall–Kier alpha value is -2.91. The van der Waals surface area contributed by atoms with Gasteiger partial charge in [0.15, 0.2) is 5.13 Å². The Bertz CT molecular complexity index is 1130. The van der Waals surface area contributed by atoms with Gasteiger partial charge in [0.2, 0.25) is 0 Å². The van der Waals surface area contributed by atoms with Gasteiger partial charge in [-0.1, -0.05) is 17.4 Å². The summed E-state index contributed by atoms with van der Waals surface area (Å²) in [4.78, 5) is 36.8. The summed E-state index contributed by atoms with van der Waals surface area (Å²) in [7, 11) is 0. The van der Waals surface area contributed by atoms with E-state index >= 15 is 0 Å². The molecule has 0 saturated carbocycles. The third-order valence-electron chi connectivity index (χ3n) is 4.87. The van der Waals surface area contributed by atoms with E-state index in [4.69, 9.17) is 0 Å². The van der Waals surface area contributed by atoms with Gasteiger partial charge < -0.3 is 9.80 Å². The van der Waals surface area contributed by atoms with E-state index in [2.05, 4.69) is 24.8 Å². The molecule has 1 aliphatic heterocycles. The van der Waals surface area contributed by atoms with Gasteiger partial charge in [0.1, 0.15) is 20.2 Å². The summed E-state index contributed by atoms with van der Waals surface area (Å²) < 4.78 is 0. The maximum Gasteiger partial charge on any atom is 0.265 e. The number of thiazole rings is 2. The predicted octanol–water partition coefficient (Wildman–Crippen LogP) is 3.48. The van der Waals surface area contributed by atoms with Crippen molar-refractivity contribution >= 4 is 44.1 Å². The van der Waals surface area contributed by atoms with Gasteiger partial charge in [-0.15, -0.1) is 11.3 Å². The van der Waals surface area contributed by atoms with Gasteiger partial charge in [-0.05, 0) is 31.2 Å². The second-order valence-corrected chi connectivity index (χ2v) is 8.71. The summed E-state index contributed by atoms with van der Waals surface area (Å²) in [5.74, 6) is 0.0489. The first-order valence-corrected chi connectivity index (χ1v) is 11.0. The number of nitrogens with zero attached hydrogens (tertiary/aromatic N) is 6. The van der Waals surface area contributed by atoms with E-state index in [1.54, 1.807) is 23.7 Å². The normalized spacial score (nSPS) is 14.5. The first kappa shape index (κ1) is 18.1. The van der Waals surface area contributed by atoms with Crippen molar-refractivity contribution in [3.63, 3.8) is 0 Å². The molecule has 5 rings (SSSR count). The number of hydrogen-bond acceptors (Lipinski definition) is 8. The van der Waals surface area contributed by atoms with Crippen molar-refractivity contribution in [2.75, 3.05) is 31.1 Å². The van der Waals surface area contributed by atoms with Crippen molar-refractivity contribution in [2.45, 2.75) is 6.92 Å². The number of aromatic nitrogens is 4. The molecule has 1 saturated heterocycles. The molecule has 146 valence electrons. The standard InChI is InChI=1S/C20H18N6OS2/c1-13-16(28-18(23-13)14-5-2-3-7-21-14)19(27)25-9-11-26(12-10-25)20-24-15-6-4-8-22-17(15)29-20/h2-8H,9-12H2,1H3. The lowest BCUT2D eigenvalue weighted by Gasteiger charge is -2.34. The summed E-state index contributed by atoms with van der Waals surface area (Å²) in [6.45, 7) is 4.74. The molecule has 0 radical (unpaired) electrons. The van der Waals surface area contributed by atoms with Crippen LogP contribution in [-0.4, -0.2) is 56.9 Å². The van der Waals surface area contributed by atoms with Crippen LogP contribution in [0.5, 0.6) is 0 Å². The lowest BCUT2D eigenvalue weighted by Crippen LogP contribution is -2.48. The molecule has 9 heteroatoms. The number of pyridine rings is 2. The Morgan fingerprint density at radius 3 is 2.55 bits per heavy atom. The number of piperazine rings is 1. The number of amides is 1. The molecule has 1 aliphatic rings. The number of aryl methyl sites for hydroxylation is 1. The molecule has 0 aromatic carbocycles. The van der Waals surface area contributed by atoms with Gasteiger partial charge in [0.25, 0.3) is 5.91 Å². The second kappa shape index (κ2) is 7.49. The van der Waals surface area contributed by atoms with Crippen LogP contribution in [0.3, 0.4) is 0 Å². The molecule has 0 unspecified atom stereocenters. The monoisotopic (exact) mass is 422 g/mol. The Morgan fingerprint density at radius 2 is 1.79 bits per heavy atom. The zero-order chi connectivity index (χ0) is 19.8. The third-order valence-corrected chi connectivity index (χ3v) is 7.08. The van der Waals surface area contributed by atoms with Gasteiger partial charge in [-0.2, -0.15) is 0 Å². The maximum absolute atomic E-state index is 13.1. The predicted molar refractivity (Wildman–Crippen MR) is 116 cm³/mol. The van der Waals surface area contributed by atoms with Crippen molar-refractivity contribution in [3.8, 4) is 10.7 Å². The molecule has 0 atom stereocenters. The Kier molecular flexibility index (Phi) is 4.69. The lowest BCUT2D eigenvalue weighted by molar-refractivity contribution is 0.0750. The topological polar surface area (TPSA) is 75.1 Å². The SMILES string of the molecule is Cc1nc(-c2ccccn2)sc1C(=O)N1CCN(c2nc3cccnc3s2)CC1. The first-order chi connectivity index (χ1) is 14.2. The molecular formula is C20H18N6OS2. The van der Waals surface area contributed by atoms with Gasteiger partial charge in [-0.3, -0.25) is 9.78 Å². The molecule has 29 heavy (non-hydrogen) atoms. The summed E-state index contributed by atoms with van der Waals surface area (Å²) in [6.07, 6.45) is 3.53. The fraction of sp³-hybridized carbons (Fsp3) is 0.250. The zero-order valence-electron chi connectivity index (χ0n) is 15.8. The fourth-order valence-electron chi connectivity index (χ4n) is 3.33. The van der Waals surface area contributed by atoms with Crippen LogP contribution in [0.25, 0.3) is 21.0 Å². The summed E-state index contributed by atoms with van der Waals surface area (Å²) >= 11 is 3.02. The van der Waals surface area contributed by atoms with Crippen LogP contribution in [0.1, 0.15) is 15.4 Å². The minimum Gasteiger partial charge on any atom is -0.344 e. The molecule has 0 N–H and O–H groups in total. The van der Waals surface area contributed by atoms with Crippen LogP contribution < -0.4 is 4.90 Å². The summed E-state index contributed by atoms with van der Waals surface area (Å²) in [5, 5.41) is 1.75. The Morgan fingerprint density at radius 1 is 0.966 bits per heavy atom. The molecular weight excluding hydrogens is 404 g/mol. The first-order valence-electron chi connectivity index (χ1n) is 9.33. The molecule has 0 spiro atoms. The highest BCUT2D eigenvalue weighted by molar-refractivity contribution is 7.21. The minimum absolute atomic E-state index is 0.0489. The van der Waals surface area contributed by atoms with Crippen molar-refractivity contribution in [2.24, 2.45) is 0 Å². The number of carbonyl (C=O) groups excluding carboxylic acids is 1. The van der Waals surface area contributed by atoms with E-state index in [1.807, 2.05) is 42.2 Å². The van der Waals surface area contributed by atoms with E-state index < -0.39 is 0 Å². The molecule has 0 bridgehead atoms. The number of fused-ring (bicyclic) bond motifs is 1. The smallest absolute Gasteiger partial charge is 0.265 e. The van der Waals surface area contributed by atoms with E-state index in [9.17, 15) is 4.79 Å². The molecule has 5 heterocycles. The van der Waals surface area contributed by atoms with Crippen LogP contribution in [0.2, 0.25) is 0 Å². The fourth-order valence-corrected chi connectivity index (χ4v) is 5.30. The highest BCUT2D eigenvalue weighted by Crippen LogP contribution is 2.30. The largest absolute Gasteiger partial charge is 0.344 e. The van der Waals surface area contributed by atoms with E-state index in [-0.39, 0.29) is 5.91 Å². The zero-order valence-corrected chi connectivity index (χ0v) is 17.4. The van der Waals surface area contributed by atoms with Crippen LogP contribution in [-0.2, 0) is 0 Å². The molecule has 1 fully saturated rings.